The molecule has 1 aromatic carbocycles. The molecule has 0 aliphatic carbocycles. The van der Waals surface area contributed by atoms with E-state index < -0.39 is 36.8 Å². The van der Waals surface area contributed by atoms with Crippen LogP contribution in [0.4, 0.5) is 5.82 Å². The van der Waals surface area contributed by atoms with Gasteiger partial charge in [-0.15, -0.1) is 0 Å². The van der Waals surface area contributed by atoms with Crippen LogP contribution < -0.4 is 11.0 Å². The summed E-state index contributed by atoms with van der Waals surface area (Å²) in [6.07, 6.45) is -0.450. The highest BCUT2D eigenvalue weighted by Gasteiger charge is 2.43. The molecule has 0 unspecified atom stereocenters. The topological polar surface area (TPSA) is 133 Å². The zero-order valence-corrected chi connectivity index (χ0v) is 15.0. The smallest absolute Gasteiger partial charge is 0.351 e. The third-order valence-electron chi connectivity index (χ3n) is 5.00. The van der Waals surface area contributed by atoms with Crippen LogP contribution in [0.1, 0.15) is 11.8 Å². The molecule has 0 saturated carbocycles. The van der Waals surface area contributed by atoms with Crippen LogP contribution in [-0.2, 0) is 11.2 Å². The van der Waals surface area contributed by atoms with Gasteiger partial charge in [-0.25, -0.2) is 4.79 Å². The number of aliphatic hydroxyl groups excluding tert-OH is 3. The normalized spacial score (nSPS) is 24.7. The predicted molar refractivity (Wildman–Crippen MR) is 102 cm³/mol. The highest BCUT2D eigenvalue weighted by atomic mass is 16.6. The van der Waals surface area contributed by atoms with Gasteiger partial charge in [0.1, 0.15) is 24.1 Å². The number of nitrogens with zero attached hydrogens (tertiary/aromatic N) is 2. The molecule has 0 spiro atoms. The molecule has 9 nitrogen and oxygen atoms in total. The number of aromatic nitrogens is 3. The number of hydrogen-bond acceptors (Lipinski definition) is 7. The Morgan fingerprint density at radius 2 is 2.04 bits per heavy atom. The van der Waals surface area contributed by atoms with E-state index in [0.717, 1.165) is 21.9 Å². The Bertz CT molecular complexity index is 1020. The number of benzene rings is 1. The van der Waals surface area contributed by atoms with Crippen LogP contribution in [0.25, 0.3) is 10.9 Å². The van der Waals surface area contributed by atoms with E-state index in [1.54, 1.807) is 6.07 Å². The van der Waals surface area contributed by atoms with E-state index >= 15 is 0 Å². The van der Waals surface area contributed by atoms with Crippen molar-refractivity contribution in [1.82, 2.24) is 14.5 Å². The van der Waals surface area contributed by atoms with Crippen LogP contribution in [0.5, 0.6) is 0 Å². The Morgan fingerprint density at radius 3 is 2.79 bits per heavy atom. The van der Waals surface area contributed by atoms with E-state index in [-0.39, 0.29) is 0 Å². The Kier molecular flexibility index (Phi) is 5.14. The van der Waals surface area contributed by atoms with E-state index in [1.807, 2.05) is 24.4 Å². The summed E-state index contributed by atoms with van der Waals surface area (Å²) < 4.78 is 6.47. The maximum absolute atomic E-state index is 12.3. The van der Waals surface area contributed by atoms with Crippen molar-refractivity contribution in [3.63, 3.8) is 0 Å². The minimum atomic E-state index is -1.32. The molecule has 1 aliphatic heterocycles. The second-order valence-electron chi connectivity index (χ2n) is 6.77. The zero-order chi connectivity index (χ0) is 19.7. The number of fused-ring (bicyclic) bond motifs is 1. The molecule has 1 fully saturated rings. The van der Waals surface area contributed by atoms with E-state index in [1.165, 1.54) is 11.8 Å². The summed E-state index contributed by atoms with van der Waals surface area (Å²) in [7, 11) is 0. The number of anilines is 1. The first kappa shape index (κ1) is 18.6. The molecule has 9 heteroatoms. The van der Waals surface area contributed by atoms with Crippen molar-refractivity contribution in [3.8, 4) is 0 Å². The fourth-order valence-electron chi connectivity index (χ4n) is 3.48. The molecule has 4 rings (SSSR count). The summed E-state index contributed by atoms with van der Waals surface area (Å²) >= 11 is 0. The predicted octanol–water partition coefficient (Wildman–Crippen LogP) is -0.00930. The number of hydrogen-bond donors (Lipinski definition) is 5. The first-order valence-corrected chi connectivity index (χ1v) is 9.09. The Morgan fingerprint density at radius 1 is 1.21 bits per heavy atom. The number of ether oxygens (including phenoxy) is 1. The molecule has 1 saturated heterocycles. The average molecular weight is 386 g/mol. The molecule has 148 valence electrons. The number of aromatic amines is 1. The van der Waals surface area contributed by atoms with Crippen molar-refractivity contribution in [2.45, 2.75) is 31.0 Å². The molecule has 2 aromatic heterocycles. The summed E-state index contributed by atoms with van der Waals surface area (Å²) in [5, 5.41) is 33.3. The zero-order valence-electron chi connectivity index (χ0n) is 15.0. The van der Waals surface area contributed by atoms with Gasteiger partial charge in [0.2, 0.25) is 0 Å². The Labute approximate surface area is 160 Å². The van der Waals surface area contributed by atoms with Crippen molar-refractivity contribution in [1.29, 1.82) is 0 Å². The molecule has 5 N–H and O–H groups in total. The third-order valence-corrected chi connectivity index (χ3v) is 5.00. The summed E-state index contributed by atoms with van der Waals surface area (Å²) in [6, 6.07) is 9.65. The summed E-state index contributed by atoms with van der Waals surface area (Å²) in [4.78, 5) is 19.5. The van der Waals surface area contributed by atoms with Gasteiger partial charge in [-0.3, -0.25) is 4.57 Å². The van der Waals surface area contributed by atoms with Gasteiger partial charge >= 0.3 is 5.69 Å². The van der Waals surface area contributed by atoms with E-state index in [4.69, 9.17) is 9.84 Å². The van der Waals surface area contributed by atoms with E-state index in [2.05, 4.69) is 21.4 Å². The lowest BCUT2D eigenvalue weighted by Gasteiger charge is -2.17. The van der Waals surface area contributed by atoms with Gasteiger partial charge in [0.15, 0.2) is 6.23 Å². The molecular formula is C19H22N4O5. The number of nitrogens with one attached hydrogen (secondary N) is 2. The molecule has 0 bridgehead atoms. The maximum Gasteiger partial charge on any atom is 0.351 e. The van der Waals surface area contributed by atoms with E-state index in [0.29, 0.717) is 12.4 Å². The first-order valence-electron chi connectivity index (χ1n) is 9.09. The fourth-order valence-corrected chi connectivity index (χ4v) is 3.48. The maximum atomic E-state index is 12.3. The second-order valence-corrected chi connectivity index (χ2v) is 6.77. The van der Waals surface area contributed by atoms with Crippen LogP contribution in [0.2, 0.25) is 0 Å². The highest BCUT2D eigenvalue weighted by Crippen LogP contribution is 2.28. The van der Waals surface area contributed by atoms with Crippen molar-refractivity contribution in [2.24, 2.45) is 0 Å². The fraction of sp³-hybridized carbons (Fsp3) is 0.368. The minimum absolute atomic E-state index is 0.410. The van der Waals surface area contributed by atoms with Gasteiger partial charge in [-0.2, -0.15) is 4.98 Å². The lowest BCUT2D eigenvalue weighted by Crippen LogP contribution is -2.36. The molecular weight excluding hydrogens is 364 g/mol. The minimum Gasteiger partial charge on any atom is -0.394 e. The van der Waals surface area contributed by atoms with Crippen molar-refractivity contribution in [2.75, 3.05) is 18.5 Å². The largest absolute Gasteiger partial charge is 0.394 e. The van der Waals surface area contributed by atoms with Gasteiger partial charge in [0.25, 0.3) is 0 Å². The van der Waals surface area contributed by atoms with Crippen LogP contribution in [0.3, 0.4) is 0 Å². The standard InChI is InChI=1S/C19H22N4O5/c24-10-14-16(25)17(26)18(28-14)23-8-6-15(22-19(23)27)20-7-5-11-9-21-13-4-2-1-3-12(11)13/h1-4,6,8-9,14,16-18,21,24-26H,5,7,10H2,(H,20,22,27)/t14-,16+,17-,18-/m0/s1. The molecule has 28 heavy (non-hydrogen) atoms. The Hall–Kier alpha value is -2.72. The van der Waals surface area contributed by atoms with Crippen LogP contribution >= 0.6 is 0 Å². The third kappa shape index (κ3) is 3.40. The highest BCUT2D eigenvalue weighted by molar-refractivity contribution is 5.83. The number of H-pyrrole nitrogens is 1. The monoisotopic (exact) mass is 386 g/mol. The second kappa shape index (κ2) is 7.72. The molecule has 1 aliphatic rings. The van der Waals surface area contributed by atoms with Crippen molar-refractivity contribution >= 4 is 16.7 Å². The van der Waals surface area contributed by atoms with Crippen molar-refractivity contribution < 1.29 is 20.1 Å². The van der Waals surface area contributed by atoms with E-state index in [9.17, 15) is 15.0 Å². The number of rotatable bonds is 6. The summed E-state index contributed by atoms with van der Waals surface area (Å²) in [5.41, 5.74) is 1.63. The lowest BCUT2D eigenvalue weighted by atomic mass is 10.1. The van der Waals surface area contributed by atoms with Crippen molar-refractivity contribution in [3.05, 3.63) is 58.8 Å². The SMILES string of the molecule is O=c1nc(NCCc2c[nH]c3ccccc23)ccn1[C@H]1O[C@@H](CO)[C@@H](O)[C@@H]1O. The summed E-state index contributed by atoms with van der Waals surface area (Å²) in [6.45, 7) is 0.135. The number of aliphatic hydroxyl groups is 3. The van der Waals surface area contributed by atoms with Gasteiger partial charge in [-0.05, 0) is 24.1 Å². The summed E-state index contributed by atoms with van der Waals surface area (Å²) in [5.74, 6) is 0.410. The van der Waals surface area contributed by atoms with Gasteiger partial charge in [-0.1, -0.05) is 18.2 Å². The molecule has 3 aromatic rings. The molecule has 3 heterocycles. The van der Waals surface area contributed by atoms with Crippen LogP contribution in [0, 0.1) is 0 Å². The van der Waals surface area contributed by atoms with Gasteiger partial charge < -0.3 is 30.4 Å². The van der Waals surface area contributed by atoms with Crippen LogP contribution in [-0.4, -0.2) is 61.3 Å². The quantitative estimate of drug-likeness (QED) is 0.402. The van der Waals surface area contributed by atoms with Gasteiger partial charge in [0.05, 0.1) is 6.61 Å². The average Bonchev–Trinajstić information content (AvgIpc) is 3.24. The van der Waals surface area contributed by atoms with Gasteiger partial charge in [0, 0.05) is 29.8 Å². The lowest BCUT2D eigenvalue weighted by molar-refractivity contribution is -0.0549. The molecule has 4 atom stereocenters. The first-order chi connectivity index (χ1) is 13.6. The molecule has 0 radical (unpaired) electrons. The molecule has 0 amide bonds. The van der Waals surface area contributed by atoms with Crippen LogP contribution in [0.15, 0.2) is 47.5 Å². The Balaban J connectivity index is 1.42. The number of para-hydroxylation sites is 1.